The number of carbonyl (C=O) groups is 1. The average molecular weight is 349 g/mol. The van der Waals surface area contributed by atoms with Gasteiger partial charge in [-0.25, -0.2) is 0 Å². The molecule has 0 saturated heterocycles. The normalized spacial score (nSPS) is 34.2. The summed E-state index contributed by atoms with van der Waals surface area (Å²) in [5.74, 6) is 2.38. The molecule has 0 spiro atoms. The Morgan fingerprint density at radius 2 is 1.74 bits per heavy atom. The maximum Gasteiger partial charge on any atom is 0.232 e. The number of carbonyl (C=O) groups excluding carboxylic acids is 1. The Morgan fingerprint density at radius 3 is 2.30 bits per heavy atom. The molecule has 1 aromatic carbocycles. The zero-order valence-electron chi connectivity index (χ0n) is 13.0. The maximum atomic E-state index is 12.9. The van der Waals surface area contributed by atoms with E-state index >= 15 is 0 Å². The second-order valence-electron chi connectivity index (χ2n) is 7.62. The van der Waals surface area contributed by atoms with Gasteiger partial charge in [0.2, 0.25) is 5.91 Å². The second-order valence-corrected chi connectivity index (χ2v) is 8.46. The smallest absolute Gasteiger partial charge is 0.232 e. The third kappa shape index (κ3) is 2.99. The summed E-state index contributed by atoms with van der Waals surface area (Å²) in [5, 5.41) is 7.02. The molecule has 0 radical (unpaired) electrons. The first kappa shape index (κ1) is 15.4. The van der Waals surface area contributed by atoms with Crippen LogP contribution < -0.4 is 10.6 Å². The molecule has 1 aromatic rings. The quantitative estimate of drug-likeness (QED) is 0.780. The fraction of sp³-hybridized carbons (Fsp3) is 0.556. The average Bonchev–Trinajstić information content (AvgIpc) is 2.45. The van der Waals surface area contributed by atoms with Crippen LogP contribution in [-0.2, 0) is 4.79 Å². The molecular formula is C18H21ClN2OS. The van der Waals surface area contributed by atoms with Gasteiger partial charge in [-0.3, -0.25) is 4.79 Å². The molecule has 4 fully saturated rings. The summed E-state index contributed by atoms with van der Waals surface area (Å²) in [6.07, 6.45) is 7.13. The van der Waals surface area contributed by atoms with E-state index in [0.29, 0.717) is 10.1 Å². The van der Waals surface area contributed by atoms with Crippen molar-refractivity contribution < 1.29 is 4.79 Å². The van der Waals surface area contributed by atoms with Crippen LogP contribution in [0.4, 0.5) is 5.69 Å². The van der Waals surface area contributed by atoms with Gasteiger partial charge in [-0.2, -0.15) is 0 Å². The molecule has 0 heterocycles. The van der Waals surface area contributed by atoms with Gasteiger partial charge in [-0.1, -0.05) is 17.7 Å². The summed E-state index contributed by atoms with van der Waals surface area (Å²) >= 11 is 11.3. The van der Waals surface area contributed by atoms with Gasteiger partial charge in [0.25, 0.3) is 0 Å². The van der Waals surface area contributed by atoms with Crippen LogP contribution in [0.25, 0.3) is 0 Å². The lowest BCUT2D eigenvalue weighted by atomic mass is 9.49. The van der Waals surface area contributed by atoms with Gasteiger partial charge in [0.05, 0.1) is 5.41 Å². The number of thiocarbonyl (C=S) groups is 1. The fourth-order valence-corrected chi connectivity index (χ4v) is 5.75. The molecule has 3 nitrogen and oxygen atoms in total. The second kappa shape index (κ2) is 5.75. The van der Waals surface area contributed by atoms with Gasteiger partial charge in [-0.05, 0) is 86.7 Å². The Bertz CT molecular complexity index is 625. The van der Waals surface area contributed by atoms with Crippen LogP contribution in [0.1, 0.15) is 38.5 Å². The molecule has 0 aliphatic heterocycles. The number of hydrogen-bond acceptors (Lipinski definition) is 2. The van der Waals surface area contributed by atoms with E-state index in [9.17, 15) is 4.79 Å². The Morgan fingerprint density at radius 1 is 1.13 bits per heavy atom. The van der Waals surface area contributed by atoms with Gasteiger partial charge < -0.3 is 10.6 Å². The predicted octanol–water partition coefficient (Wildman–Crippen LogP) is 4.37. The highest BCUT2D eigenvalue weighted by Gasteiger charge is 2.54. The third-order valence-electron chi connectivity index (χ3n) is 5.83. The van der Waals surface area contributed by atoms with Crippen molar-refractivity contribution in [2.45, 2.75) is 38.5 Å². The largest absolute Gasteiger partial charge is 0.332 e. The van der Waals surface area contributed by atoms with Crippen molar-refractivity contribution in [1.82, 2.24) is 5.32 Å². The number of anilines is 1. The van der Waals surface area contributed by atoms with Crippen molar-refractivity contribution >= 4 is 40.5 Å². The summed E-state index contributed by atoms with van der Waals surface area (Å²) < 4.78 is 0. The van der Waals surface area contributed by atoms with E-state index in [2.05, 4.69) is 10.6 Å². The van der Waals surface area contributed by atoms with Crippen LogP contribution in [0.5, 0.6) is 0 Å². The lowest BCUT2D eigenvalue weighted by Gasteiger charge is -2.55. The number of nitrogens with one attached hydrogen (secondary N) is 2. The lowest BCUT2D eigenvalue weighted by Crippen LogP contribution is -2.55. The predicted molar refractivity (Wildman–Crippen MR) is 96.4 cm³/mol. The third-order valence-corrected chi connectivity index (χ3v) is 6.27. The molecule has 4 bridgehead atoms. The van der Waals surface area contributed by atoms with E-state index in [0.717, 1.165) is 42.7 Å². The van der Waals surface area contributed by atoms with Crippen molar-refractivity contribution in [3.8, 4) is 0 Å². The minimum atomic E-state index is -0.172. The maximum absolute atomic E-state index is 12.9. The van der Waals surface area contributed by atoms with Crippen LogP contribution in [-0.4, -0.2) is 11.0 Å². The highest BCUT2D eigenvalue weighted by Crippen LogP contribution is 2.60. The molecule has 1 amide bonds. The van der Waals surface area contributed by atoms with Gasteiger partial charge in [0, 0.05) is 10.7 Å². The number of rotatable bonds is 2. The van der Waals surface area contributed by atoms with Crippen LogP contribution >= 0.6 is 23.8 Å². The number of halogens is 1. The summed E-state index contributed by atoms with van der Waals surface area (Å²) in [6, 6.07) is 7.35. The van der Waals surface area contributed by atoms with Crippen LogP contribution in [0.15, 0.2) is 24.3 Å². The van der Waals surface area contributed by atoms with Crippen molar-refractivity contribution in [3.63, 3.8) is 0 Å². The van der Waals surface area contributed by atoms with E-state index in [1.54, 1.807) is 6.07 Å². The van der Waals surface area contributed by atoms with Crippen molar-refractivity contribution in [2.24, 2.45) is 23.2 Å². The minimum absolute atomic E-state index is 0.121. The lowest BCUT2D eigenvalue weighted by molar-refractivity contribution is -0.144. The molecular weight excluding hydrogens is 328 g/mol. The zero-order valence-corrected chi connectivity index (χ0v) is 14.6. The Kier molecular flexibility index (Phi) is 3.85. The number of hydrogen-bond donors (Lipinski definition) is 2. The highest BCUT2D eigenvalue weighted by atomic mass is 35.5. The number of benzene rings is 1. The van der Waals surface area contributed by atoms with Crippen molar-refractivity contribution in [2.75, 3.05) is 5.32 Å². The first-order chi connectivity index (χ1) is 11.0. The molecule has 0 aromatic heterocycles. The molecule has 0 unspecified atom stereocenters. The fourth-order valence-electron chi connectivity index (χ4n) is 5.35. The van der Waals surface area contributed by atoms with Crippen LogP contribution in [0.3, 0.4) is 0 Å². The van der Waals surface area contributed by atoms with Crippen molar-refractivity contribution in [3.05, 3.63) is 29.3 Å². The molecule has 23 heavy (non-hydrogen) atoms. The van der Waals surface area contributed by atoms with Gasteiger partial charge in [0.1, 0.15) is 0 Å². The van der Waals surface area contributed by atoms with E-state index in [1.165, 1.54) is 19.3 Å². The van der Waals surface area contributed by atoms with Gasteiger partial charge >= 0.3 is 0 Å². The molecule has 2 N–H and O–H groups in total. The molecule has 5 heteroatoms. The first-order valence-corrected chi connectivity index (χ1v) is 9.19. The monoisotopic (exact) mass is 348 g/mol. The molecule has 4 aliphatic rings. The zero-order chi connectivity index (χ0) is 16.0. The van der Waals surface area contributed by atoms with Crippen LogP contribution in [0, 0.1) is 23.2 Å². The molecule has 0 atom stereocenters. The molecule has 122 valence electrons. The molecule has 4 aliphatic carbocycles. The number of amides is 1. The van der Waals surface area contributed by atoms with Gasteiger partial charge in [0.15, 0.2) is 5.11 Å². The Balaban J connectivity index is 1.42. The first-order valence-electron chi connectivity index (χ1n) is 8.40. The summed E-state index contributed by atoms with van der Waals surface area (Å²) in [7, 11) is 0. The highest BCUT2D eigenvalue weighted by molar-refractivity contribution is 7.80. The molecule has 5 rings (SSSR count). The standard InChI is InChI=1S/C18H21ClN2OS/c19-14-2-1-3-15(7-14)20-17(23)21-16(22)18-8-11-4-12(9-18)6-13(5-11)10-18/h1-3,7,11-13H,4-6,8-10H2,(H2,20,21,22,23). The van der Waals surface area contributed by atoms with Gasteiger partial charge in [-0.15, -0.1) is 0 Å². The summed E-state index contributed by atoms with van der Waals surface area (Å²) in [5.41, 5.74) is 0.628. The summed E-state index contributed by atoms with van der Waals surface area (Å²) in [6.45, 7) is 0. The SMILES string of the molecule is O=C(NC(=S)Nc1cccc(Cl)c1)C12CC3CC(CC(C3)C1)C2. The Labute approximate surface area is 147 Å². The molecule has 4 saturated carbocycles. The minimum Gasteiger partial charge on any atom is -0.332 e. The van der Waals surface area contributed by atoms with E-state index in [4.69, 9.17) is 23.8 Å². The van der Waals surface area contributed by atoms with E-state index < -0.39 is 0 Å². The van der Waals surface area contributed by atoms with Crippen LogP contribution in [0.2, 0.25) is 5.02 Å². The Hall–Kier alpha value is -1.13. The van der Waals surface area contributed by atoms with E-state index in [-0.39, 0.29) is 11.3 Å². The topological polar surface area (TPSA) is 41.1 Å². The summed E-state index contributed by atoms with van der Waals surface area (Å²) in [4.78, 5) is 12.9. The van der Waals surface area contributed by atoms with E-state index in [1.807, 2.05) is 18.2 Å². The van der Waals surface area contributed by atoms with Crippen molar-refractivity contribution in [1.29, 1.82) is 0 Å².